The maximum Gasteiger partial charge on any atom is 0.327 e. The number of carboxylic acid groups (broad SMARTS) is 1. The van der Waals surface area contributed by atoms with Crippen LogP contribution in [0.4, 0.5) is 5.13 Å². The Kier molecular flexibility index (Phi) is 8.82. The van der Waals surface area contributed by atoms with Crippen LogP contribution >= 0.6 is 23.1 Å². The van der Waals surface area contributed by atoms with Crippen molar-refractivity contribution in [2.45, 2.75) is 54.1 Å². The van der Waals surface area contributed by atoms with Crippen molar-refractivity contribution >= 4 is 57.6 Å². The molecule has 12 nitrogen and oxygen atoms in total. The standard InChI is InChI=1S/C36H34N6O6S2/c1-35(2)28(33(46)47)42-31(45)27(32(42)50-35)39-30(44)26(41-48-25-18-19-37-29(25)43)24-20-49-34(38-24)40-36(21-12-6-3-7-13-21,22-14-8-4-9-15-22)23-16-10-5-11-17-23/h3-17,20,25,27-28,32H,18-19H2,1-2H3,(H,37,43)(H,38,40)(H,39,44)(H,46,47)/b41-26-/t25?,27-,28-,32+/m0/s1. The number of thioether (sulfide) groups is 1. The van der Waals surface area contributed by atoms with E-state index in [-0.39, 0.29) is 17.3 Å². The maximum absolute atomic E-state index is 13.9. The SMILES string of the molecule is CC1(C)S[C@@H]2[C@@H](NC(=O)/C(=N\OC3CCNC3=O)c3csc(NC(c4ccccc4)(c4ccccc4)c4ccccc4)n3)C(=O)N2[C@H]1C(=O)O. The van der Waals surface area contributed by atoms with Gasteiger partial charge in [0.05, 0.1) is 0 Å². The molecule has 4 atom stereocenters. The number of aromatic nitrogens is 1. The predicted octanol–water partition coefficient (Wildman–Crippen LogP) is 3.79. The van der Waals surface area contributed by atoms with E-state index in [2.05, 4.69) is 21.1 Å². The Morgan fingerprint density at radius 3 is 2.08 bits per heavy atom. The van der Waals surface area contributed by atoms with Crippen molar-refractivity contribution in [2.24, 2.45) is 5.16 Å². The molecule has 0 spiro atoms. The van der Waals surface area contributed by atoms with Crippen LogP contribution in [0.2, 0.25) is 0 Å². The zero-order valence-corrected chi connectivity index (χ0v) is 28.7. The minimum absolute atomic E-state index is 0.169. The van der Waals surface area contributed by atoms with Gasteiger partial charge in [0.1, 0.15) is 28.7 Å². The van der Waals surface area contributed by atoms with Gasteiger partial charge in [-0.1, -0.05) is 96.2 Å². The number of fused-ring (bicyclic) bond motifs is 1. The molecule has 4 heterocycles. The van der Waals surface area contributed by atoms with Crippen LogP contribution in [0.1, 0.15) is 42.7 Å². The highest BCUT2D eigenvalue weighted by atomic mass is 32.2. The summed E-state index contributed by atoms with van der Waals surface area (Å²) in [7, 11) is 0. The number of carbonyl (C=O) groups excluding carboxylic acids is 3. The van der Waals surface area contributed by atoms with Crippen molar-refractivity contribution in [3.63, 3.8) is 0 Å². The molecule has 0 radical (unpaired) electrons. The molecular weight excluding hydrogens is 677 g/mol. The van der Waals surface area contributed by atoms with Gasteiger partial charge in [-0.15, -0.1) is 23.1 Å². The first-order valence-corrected chi connectivity index (χ1v) is 17.8. The van der Waals surface area contributed by atoms with Gasteiger partial charge >= 0.3 is 5.97 Å². The van der Waals surface area contributed by atoms with Gasteiger partial charge in [-0.05, 0) is 30.5 Å². The number of hydrogen-bond acceptors (Lipinski definition) is 10. The Labute approximate surface area is 296 Å². The zero-order chi connectivity index (χ0) is 35.0. The normalized spacial score (nSPS) is 22.7. The highest BCUT2D eigenvalue weighted by molar-refractivity contribution is 8.01. The molecule has 7 rings (SSSR count). The summed E-state index contributed by atoms with van der Waals surface area (Å²) in [6.07, 6.45) is -0.519. The minimum atomic E-state index is -1.10. The smallest absolute Gasteiger partial charge is 0.327 e. The molecular formula is C36H34N6O6S2. The van der Waals surface area contributed by atoms with E-state index in [1.54, 1.807) is 19.2 Å². The van der Waals surface area contributed by atoms with Crippen molar-refractivity contribution < 1.29 is 29.1 Å². The van der Waals surface area contributed by atoms with Gasteiger partial charge in [0.2, 0.25) is 12.0 Å². The third-order valence-electron chi connectivity index (χ3n) is 9.11. The molecule has 50 heavy (non-hydrogen) atoms. The number of aliphatic carboxylic acids is 1. The molecule has 3 fully saturated rings. The highest BCUT2D eigenvalue weighted by Crippen LogP contribution is 2.50. The number of hydrogen-bond donors (Lipinski definition) is 4. The molecule has 4 aromatic rings. The summed E-state index contributed by atoms with van der Waals surface area (Å²) in [6.45, 7) is 3.94. The fraction of sp³-hybridized carbons (Fsp3) is 0.278. The van der Waals surface area contributed by atoms with Gasteiger partial charge in [0.15, 0.2) is 10.8 Å². The van der Waals surface area contributed by atoms with Crippen molar-refractivity contribution in [2.75, 3.05) is 11.9 Å². The average molecular weight is 711 g/mol. The molecule has 3 aliphatic heterocycles. The van der Waals surface area contributed by atoms with E-state index >= 15 is 0 Å². The van der Waals surface area contributed by atoms with Crippen LogP contribution < -0.4 is 16.0 Å². The van der Waals surface area contributed by atoms with E-state index in [0.717, 1.165) is 16.7 Å². The van der Waals surface area contributed by atoms with E-state index in [0.29, 0.717) is 18.1 Å². The van der Waals surface area contributed by atoms with Crippen LogP contribution in [-0.4, -0.2) is 79.2 Å². The van der Waals surface area contributed by atoms with Crippen molar-refractivity contribution in [1.29, 1.82) is 0 Å². The van der Waals surface area contributed by atoms with Crippen LogP contribution in [0.5, 0.6) is 0 Å². The second kappa shape index (κ2) is 13.2. The topological polar surface area (TPSA) is 162 Å². The Morgan fingerprint density at radius 1 is 0.980 bits per heavy atom. The lowest BCUT2D eigenvalue weighted by molar-refractivity contribution is -0.160. The van der Waals surface area contributed by atoms with Crippen LogP contribution in [0.15, 0.2) is 102 Å². The lowest BCUT2D eigenvalue weighted by Crippen LogP contribution is -2.71. The number of oxime groups is 1. The number of anilines is 1. The highest BCUT2D eigenvalue weighted by Gasteiger charge is 2.64. The van der Waals surface area contributed by atoms with Gasteiger partial charge in [0.25, 0.3) is 11.8 Å². The van der Waals surface area contributed by atoms with E-state index in [1.807, 2.05) is 91.0 Å². The maximum atomic E-state index is 13.9. The number of thiazole rings is 1. The van der Waals surface area contributed by atoms with E-state index in [9.17, 15) is 24.3 Å². The molecule has 0 aliphatic carbocycles. The lowest BCUT2D eigenvalue weighted by atomic mass is 9.77. The zero-order valence-electron chi connectivity index (χ0n) is 27.1. The fourth-order valence-electron chi connectivity index (χ4n) is 6.73. The summed E-state index contributed by atoms with van der Waals surface area (Å²) < 4.78 is -0.764. The van der Waals surface area contributed by atoms with Crippen LogP contribution in [-0.2, 0) is 29.6 Å². The summed E-state index contributed by atoms with van der Waals surface area (Å²) in [5, 5.41) is 24.6. The Bertz CT molecular complexity index is 1860. The third kappa shape index (κ3) is 5.87. The van der Waals surface area contributed by atoms with Gasteiger partial charge < -0.3 is 30.8 Å². The lowest BCUT2D eigenvalue weighted by Gasteiger charge is -2.43. The number of β-lactam (4-membered cyclic amide) rings is 1. The summed E-state index contributed by atoms with van der Waals surface area (Å²) in [4.78, 5) is 63.1. The summed E-state index contributed by atoms with van der Waals surface area (Å²) in [5.41, 5.74) is 1.94. The molecule has 4 N–H and O–H groups in total. The first-order chi connectivity index (χ1) is 24.1. The molecule has 3 saturated heterocycles. The number of carbonyl (C=O) groups is 4. The Morgan fingerprint density at radius 2 is 1.56 bits per heavy atom. The molecule has 1 aromatic heterocycles. The number of amides is 3. The van der Waals surface area contributed by atoms with Gasteiger partial charge in [-0.25, -0.2) is 9.78 Å². The average Bonchev–Trinajstić information content (AvgIpc) is 3.83. The molecule has 256 valence electrons. The summed E-state index contributed by atoms with van der Waals surface area (Å²) in [6, 6.07) is 27.9. The molecule has 3 aromatic carbocycles. The fourth-order valence-corrected chi connectivity index (χ4v) is 9.11. The molecule has 14 heteroatoms. The van der Waals surface area contributed by atoms with Crippen molar-refractivity contribution in [1.82, 2.24) is 20.5 Å². The molecule has 3 amide bonds. The third-order valence-corrected chi connectivity index (χ3v) is 11.4. The number of nitrogens with zero attached hydrogens (tertiary/aromatic N) is 3. The number of benzene rings is 3. The number of rotatable bonds is 11. The van der Waals surface area contributed by atoms with E-state index < -0.39 is 51.6 Å². The molecule has 1 unspecified atom stereocenters. The predicted molar refractivity (Wildman–Crippen MR) is 190 cm³/mol. The monoisotopic (exact) mass is 710 g/mol. The van der Waals surface area contributed by atoms with Crippen molar-refractivity contribution in [3.05, 3.63) is 119 Å². The van der Waals surface area contributed by atoms with Gasteiger partial charge in [0, 0.05) is 23.1 Å². The largest absolute Gasteiger partial charge is 0.480 e. The Hall–Kier alpha value is -5.21. The van der Waals surface area contributed by atoms with Crippen LogP contribution in [0.3, 0.4) is 0 Å². The Balaban J connectivity index is 1.23. The quantitative estimate of drug-likeness (QED) is 0.0786. The van der Waals surface area contributed by atoms with E-state index in [4.69, 9.17) is 9.82 Å². The molecule has 3 aliphatic rings. The second-order valence-electron chi connectivity index (χ2n) is 12.7. The van der Waals surface area contributed by atoms with Crippen LogP contribution in [0.25, 0.3) is 0 Å². The van der Waals surface area contributed by atoms with Crippen molar-refractivity contribution in [3.8, 4) is 0 Å². The first-order valence-electron chi connectivity index (χ1n) is 16.1. The number of carboxylic acids is 1. The minimum Gasteiger partial charge on any atom is -0.480 e. The van der Waals surface area contributed by atoms with Gasteiger partial charge in [-0.2, -0.15) is 0 Å². The second-order valence-corrected chi connectivity index (χ2v) is 15.3. The van der Waals surface area contributed by atoms with Gasteiger partial charge in [-0.3, -0.25) is 14.4 Å². The van der Waals surface area contributed by atoms with E-state index in [1.165, 1.54) is 28.0 Å². The first kappa shape index (κ1) is 33.3. The van der Waals surface area contributed by atoms with Crippen LogP contribution in [0, 0.1) is 0 Å². The summed E-state index contributed by atoms with van der Waals surface area (Å²) >= 11 is 2.58. The molecule has 0 saturated carbocycles. The molecule has 0 bridgehead atoms. The summed E-state index contributed by atoms with van der Waals surface area (Å²) in [5.74, 6) is -2.69. The number of nitrogens with one attached hydrogen (secondary N) is 3.